The fourth-order valence-corrected chi connectivity index (χ4v) is 4.24. The van der Waals surface area contributed by atoms with E-state index in [1.54, 1.807) is 23.9 Å². The fourth-order valence-electron chi connectivity index (χ4n) is 2.67. The quantitative estimate of drug-likeness (QED) is 0.473. The minimum Gasteiger partial charge on any atom is -0.326 e. The lowest BCUT2D eigenvalue weighted by Gasteiger charge is -2.23. The minimum atomic E-state index is -0.466. The lowest BCUT2D eigenvalue weighted by atomic mass is 10.0. The molecule has 1 atom stereocenters. The number of carbonyl (C=O) groups excluding carboxylic acids is 1. The van der Waals surface area contributed by atoms with Crippen LogP contribution >= 0.6 is 24.0 Å². The third-order valence-corrected chi connectivity index (χ3v) is 5.55. The highest BCUT2D eigenvalue weighted by molar-refractivity contribution is 8.01. The number of hydrogen-bond donors (Lipinski definition) is 0. The van der Waals surface area contributed by atoms with Gasteiger partial charge in [-0.05, 0) is 38.2 Å². The summed E-state index contributed by atoms with van der Waals surface area (Å²) in [5, 5.41) is 11.2. The van der Waals surface area contributed by atoms with Crippen LogP contribution in [0.15, 0.2) is 24.3 Å². The number of nitro benzene ring substituents is 1. The summed E-state index contributed by atoms with van der Waals surface area (Å²) in [4.78, 5) is 26.3. The van der Waals surface area contributed by atoms with Crippen molar-refractivity contribution in [2.75, 3.05) is 10.8 Å². The van der Waals surface area contributed by atoms with Crippen molar-refractivity contribution >= 4 is 46.4 Å². The van der Waals surface area contributed by atoms with Gasteiger partial charge in [-0.3, -0.25) is 19.8 Å². The Morgan fingerprint density at radius 1 is 1.38 bits per heavy atom. The fraction of sp³-hybridized carbons (Fsp3) is 0.385. The van der Waals surface area contributed by atoms with Crippen molar-refractivity contribution in [3.63, 3.8) is 0 Å². The average molecular weight is 323 g/mol. The Balaban J connectivity index is 1.95. The first-order valence-corrected chi connectivity index (χ1v) is 7.75. The second kappa shape index (κ2) is 4.67. The lowest BCUT2D eigenvalue weighted by molar-refractivity contribution is -0.384. The first-order chi connectivity index (χ1) is 9.83. The van der Waals surface area contributed by atoms with E-state index >= 15 is 0 Å². The van der Waals surface area contributed by atoms with Crippen molar-refractivity contribution in [3.8, 4) is 0 Å². The van der Waals surface area contributed by atoms with Crippen LogP contribution in [0, 0.1) is 10.1 Å². The SMILES string of the molecule is CC1(C)SCN2C(=S)N(c3ccc([N+](=O)[O-])cc3)C(=O)[C@H]21. The number of nitrogens with zero attached hydrogens (tertiary/aromatic N) is 3. The van der Waals surface area contributed by atoms with E-state index in [1.165, 1.54) is 17.0 Å². The van der Waals surface area contributed by atoms with E-state index in [0.717, 1.165) is 0 Å². The summed E-state index contributed by atoms with van der Waals surface area (Å²) in [5.74, 6) is 0.620. The largest absolute Gasteiger partial charge is 0.326 e. The van der Waals surface area contributed by atoms with Crippen LogP contribution in [0.1, 0.15) is 13.8 Å². The zero-order valence-corrected chi connectivity index (χ0v) is 13.1. The number of nitro groups is 1. The maximum absolute atomic E-state index is 12.7. The number of benzene rings is 1. The average Bonchev–Trinajstić information content (AvgIpc) is 2.87. The monoisotopic (exact) mass is 323 g/mol. The van der Waals surface area contributed by atoms with E-state index in [2.05, 4.69) is 0 Å². The second-order valence-corrected chi connectivity index (χ2v) is 7.44. The highest BCUT2D eigenvalue weighted by Crippen LogP contribution is 2.44. The Kier molecular flexibility index (Phi) is 3.18. The molecule has 2 heterocycles. The van der Waals surface area contributed by atoms with Crippen molar-refractivity contribution in [3.05, 3.63) is 34.4 Å². The maximum atomic E-state index is 12.7. The van der Waals surface area contributed by atoms with Crippen LogP contribution in [0.3, 0.4) is 0 Å². The number of thiocarbonyl (C=S) groups is 1. The van der Waals surface area contributed by atoms with E-state index in [4.69, 9.17) is 12.2 Å². The van der Waals surface area contributed by atoms with Gasteiger partial charge in [0.15, 0.2) is 5.11 Å². The summed E-state index contributed by atoms with van der Waals surface area (Å²) in [7, 11) is 0. The third kappa shape index (κ3) is 2.09. The first kappa shape index (κ1) is 14.3. The molecule has 2 aliphatic heterocycles. The molecule has 2 aliphatic rings. The van der Waals surface area contributed by atoms with Crippen LogP contribution in [-0.4, -0.2) is 37.5 Å². The Morgan fingerprint density at radius 2 is 2.00 bits per heavy atom. The predicted octanol–water partition coefficient (Wildman–Crippen LogP) is 2.38. The molecule has 0 aliphatic carbocycles. The molecular formula is C13H13N3O3S2. The minimum absolute atomic E-state index is 0.00676. The number of thioether (sulfide) groups is 1. The van der Waals surface area contributed by atoms with Crippen LogP contribution in [0.4, 0.5) is 11.4 Å². The van der Waals surface area contributed by atoms with Crippen LogP contribution in [0.25, 0.3) is 0 Å². The topological polar surface area (TPSA) is 66.7 Å². The van der Waals surface area contributed by atoms with Gasteiger partial charge in [-0.2, -0.15) is 0 Å². The lowest BCUT2D eigenvalue weighted by Crippen LogP contribution is -2.41. The Labute approximate surface area is 131 Å². The molecule has 0 aromatic heterocycles. The first-order valence-electron chi connectivity index (χ1n) is 6.36. The van der Waals surface area contributed by atoms with Gasteiger partial charge in [0.1, 0.15) is 6.04 Å². The molecule has 21 heavy (non-hydrogen) atoms. The van der Waals surface area contributed by atoms with Crippen LogP contribution in [-0.2, 0) is 4.79 Å². The molecule has 110 valence electrons. The smallest absolute Gasteiger partial charge is 0.269 e. The second-order valence-electron chi connectivity index (χ2n) is 5.48. The van der Waals surface area contributed by atoms with Crippen LogP contribution in [0.2, 0.25) is 0 Å². The number of rotatable bonds is 2. The maximum Gasteiger partial charge on any atom is 0.269 e. The zero-order chi connectivity index (χ0) is 15.4. The molecular weight excluding hydrogens is 310 g/mol. The van der Waals surface area contributed by atoms with Crippen LogP contribution < -0.4 is 4.90 Å². The summed E-state index contributed by atoms with van der Waals surface area (Å²) in [6.07, 6.45) is 0. The summed E-state index contributed by atoms with van der Waals surface area (Å²) in [6, 6.07) is 5.61. The van der Waals surface area contributed by atoms with Gasteiger partial charge in [0, 0.05) is 16.9 Å². The highest BCUT2D eigenvalue weighted by atomic mass is 32.2. The zero-order valence-electron chi connectivity index (χ0n) is 11.5. The van der Waals surface area contributed by atoms with Crippen molar-refractivity contribution in [1.82, 2.24) is 4.90 Å². The molecule has 0 saturated carbocycles. The van der Waals surface area contributed by atoms with Gasteiger partial charge in [0.05, 0.1) is 16.5 Å². The van der Waals surface area contributed by atoms with E-state index in [1.807, 2.05) is 18.7 Å². The van der Waals surface area contributed by atoms with E-state index < -0.39 is 4.92 Å². The van der Waals surface area contributed by atoms with E-state index in [0.29, 0.717) is 16.7 Å². The molecule has 0 bridgehead atoms. The van der Waals surface area contributed by atoms with Gasteiger partial charge in [-0.1, -0.05) is 0 Å². The molecule has 3 rings (SSSR count). The van der Waals surface area contributed by atoms with E-state index in [-0.39, 0.29) is 22.4 Å². The van der Waals surface area contributed by atoms with Crippen molar-refractivity contribution in [2.24, 2.45) is 0 Å². The molecule has 8 heteroatoms. The third-order valence-electron chi connectivity index (χ3n) is 3.76. The number of non-ortho nitro benzene ring substituents is 1. The van der Waals surface area contributed by atoms with Gasteiger partial charge >= 0.3 is 0 Å². The van der Waals surface area contributed by atoms with Crippen molar-refractivity contribution in [1.29, 1.82) is 0 Å². The highest BCUT2D eigenvalue weighted by Gasteiger charge is 2.55. The molecule has 2 saturated heterocycles. The summed E-state index contributed by atoms with van der Waals surface area (Å²) in [5.41, 5.74) is 0.568. The molecule has 0 spiro atoms. The number of anilines is 1. The van der Waals surface area contributed by atoms with E-state index in [9.17, 15) is 14.9 Å². The predicted molar refractivity (Wildman–Crippen MR) is 85.3 cm³/mol. The molecule has 6 nitrogen and oxygen atoms in total. The number of carbonyl (C=O) groups is 1. The number of amides is 1. The van der Waals surface area contributed by atoms with Crippen molar-refractivity contribution in [2.45, 2.75) is 24.6 Å². The van der Waals surface area contributed by atoms with Crippen molar-refractivity contribution < 1.29 is 9.72 Å². The molecule has 1 aromatic carbocycles. The molecule has 1 amide bonds. The molecule has 0 unspecified atom stereocenters. The molecule has 0 N–H and O–H groups in total. The van der Waals surface area contributed by atoms with Gasteiger partial charge in [0.2, 0.25) is 0 Å². The Bertz CT molecular complexity index is 645. The summed E-state index contributed by atoms with van der Waals surface area (Å²) < 4.78 is -0.198. The standard InChI is InChI=1S/C13H13N3O3S2/c1-13(2)10-11(17)15(12(20)14(10)7-21-13)8-3-5-9(6-4-8)16(18)19/h3-6,10H,7H2,1-2H3/t10-/m0/s1. The molecule has 1 aromatic rings. The number of hydrogen-bond acceptors (Lipinski definition) is 5. The summed E-state index contributed by atoms with van der Waals surface area (Å²) >= 11 is 7.11. The van der Waals surface area contributed by atoms with Gasteiger partial charge < -0.3 is 4.90 Å². The summed E-state index contributed by atoms with van der Waals surface area (Å²) in [6.45, 7) is 4.06. The Morgan fingerprint density at radius 3 is 2.52 bits per heavy atom. The van der Waals surface area contributed by atoms with Gasteiger partial charge in [-0.25, -0.2) is 0 Å². The molecule has 0 radical (unpaired) electrons. The number of fused-ring (bicyclic) bond motifs is 1. The Hall–Kier alpha value is -1.67. The van der Waals surface area contributed by atoms with Crippen LogP contribution in [0.5, 0.6) is 0 Å². The van der Waals surface area contributed by atoms with Gasteiger partial charge in [-0.15, -0.1) is 11.8 Å². The van der Waals surface area contributed by atoms with Gasteiger partial charge in [0.25, 0.3) is 11.6 Å². The molecule has 2 fully saturated rings. The normalized spacial score (nSPS) is 23.6.